The van der Waals surface area contributed by atoms with Gasteiger partial charge in [-0.25, -0.2) is 9.67 Å². The van der Waals surface area contributed by atoms with E-state index in [-0.39, 0.29) is 18.1 Å². The first-order chi connectivity index (χ1) is 11.0. The van der Waals surface area contributed by atoms with E-state index < -0.39 is 5.92 Å². The van der Waals surface area contributed by atoms with Crippen LogP contribution in [-0.2, 0) is 9.53 Å². The van der Waals surface area contributed by atoms with Crippen molar-refractivity contribution >= 4 is 17.5 Å². The van der Waals surface area contributed by atoms with E-state index in [0.29, 0.717) is 0 Å². The van der Waals surface area contributed by atoms with Gasteiger partial charge in [0, 0.05) is 11.8 Å². The summed E-state index contributed by atoms with van der Waals surface area (Å²) < 4.78 is 7.30. The Labute approximate surface area is 136 Å². The van der Waals surface area contributed by atoms with Gasteiger partial charge in [-0.2, -0.15) is 5.10 Å². The number of rotatable bonds is 3. The number of aliphatic imine (C=N–C) groups is 1. The lowest BCUT2D eigenvalue weighted by atomic mass is 9.86. The number of aryl methyl sites for hydroxylation is 1. The van der Waals surface area contributed by atoms with Crippen LogP contribution in [0.2, 0.25) is 0 Å². The molecule has 0 saturated heterocycles. The lowest BCUT2D eigenvalue weighted by Crippen LogP contribution is -2.38. The summed E-state index contributed by atoms with van der Waals surface area (Å²) >= 11 is 0. The van der Waals surface area contributed by atoms with Gasteiger partial charge in [-0.05, 0) is 38.8 Å². The molecule has 1 aromatic carbocycles. The maximum atomic E-state index is 12.7. The predicted molar refractivity (Wildman–Crippen MR) is 89.0 cm³/mol. The van der Waals surface area contributed by atoms with E-state index in [0.717, 1.165) is 22.7 Å². The maximum Gasteiger partial charge on any atom is 0.317 e. The molecule has 3 rings (SSSR count). The topological polar surface area (TPSA) is 56.5 Å². The molecule has 1 aliphatic rings. The monoisotopic (exact) mass is 311 g/mol. The Hall–Kier alpha value is -2.43. The van der Waals surface area contributed by atoms with Crippen LogP contribution in [0.15, 0.2) is 41.5 Å². The molecule has 0 amide bonds. The van der Waals surface area contributed by atoms with Crippen molar-refractivity contribution in [1.82, 2.24) is 9.78 Å². The molecular weight excluding hydrogens is 290 g/mol. The van der Waals surface area contributed by atoms with Gasteiger partial charge in [0.2, 0.25) is 0 Å². The van der Waals surface area contributed by atoms with Crippen LogP contribution in [0.3, 0.4) is 0 Å². The number of esters is 1. The molecule has 2 heterocycles. The Bertz CT molecular complexity index is 761. The molecule has 0 radical (unpaired) electrons. The zero-order chi connectivity index (χ0) is 16.6. The number of hydrogen-bond donors (Lipinski definition) is 0. The van der Waals surface area contributed by atoms with Crippen LogP contribution in [0.5, 0.6) is 0 Å². The summed E-state index contributed by atoms with van der Waals surface area (Å²) in [7, 11) is 0. The lowest BCUT2D eigenvalue weighted by Gasteiger charge is -2.31. The van der Waals surface area contributed by atoms with Gasteiger partial charge in [0.1, 0.15) is 5.92 Å². The van der Waals surface area contributed by atoms with Gasteiger partial charge in [0.05, 0.1) is 18.3 Å². The molecule has 5 nitrogen and oxygen atoms in total. The van der Waals surface area contributed by atoms with Crippen LogP contribution >= 0.6 is 0 Å². The molecule has 2 unspecified atom stereocenters. The molecule has 1 aliphatic heterocycles. The van der Waals surface area contributed by atoms with E-state index in [4.69, 9.17) is 4.74 Å². The van der Waals surface area contributed by atoms with Crippen molar-refractivity contribution in [2.24, 2.45) is 10.9 Å². The van der Waals surface area contributed by atoms with Crippen LogP contribution in [0.25, 0.3) is 0 Å². The van der Waals surface area contributed by atoms with E-state index in [2.05, 4.69) is 10.1 Å². The summed E-state index contributed by atoms with van der Waals surface area (Å²) in [5.41, 5.74) is 2.95. The summed E-state index contributed by atoms with van der Waals surface area (Å²) in [6.07, 6.45) is 1.56. The van der Waals surface area contributed by atoms with Crippen molar-refractivity contribution in [3.63, 3.8) is 0 Å². The molecule has 0 fully saturated rings. The first-order valence-corrected chi connectivity index (χ1v) is 7.83. The van der Waals surface area contributed by atoms with Crippen LogP contribution in [0, 0.1) is 12.8 Å². The number of benzene rings is 1. The number of ether oxygens (including phenoxy) is 1. The van der Waals surface area contributed by atoms with Crippen LogP contribution < -0.4 is 0 Å². The minimum Gasteiger partial charge on any atom is -0.462 e. The number of nitrogens with zero attached hydrogens (tertiary/aromatic N) is 3. The zero-order valence-electron chi connectivity index (χ0n) is 13.9. The quantitative estimate of drug-likeness (QED) is 0.816. The fourth-order valence-corrected chi connectivity index (χ4v) is 3.07. The van der Waals surface area contributed by atoms with Gasteiger partial charge in [-0.15, -0.1) is 0 Å². The molecule has 2 atom stereocenters. The largest absolute Gasteiger partial charge is 0.462 e. The molecule has 5 heteroatoms. The fourth-order valence-electron chi connectivity index (χ4n) is 3.07. The second kappa shape index (κ2) is 5.99. The van der Waals surface area contributed by atoms with Gasteiger partial charge in [0.25, 0.3) is 0 Å². The molecule has 0 N–H and O–H groups in total. The van der Waals surface area contributed by atoms with Crippen molar-refractivity contribution < 1.29 is 9.53 Å². The smallest absolute Gasteiger partial charge is 0.317 e. The summed E-state index contributed by atoms with van der Waals surface area (Å²) in [5, 5.41) is 4.40. The van der Waals surface area contributed by atoms with Gasteiger partial charge in [-0.1, -0.05) is 24.3 Å². The third-order valence-electron chi connectivity index (χ3n) is 4.08. The average Bonchev–Trinajstić information content (AvgIpc) is 2.93. The number of carbonyl (C=O) groups is 1. The number of aromatic nitrogens is 2. The standard InChI is InChI=1S/C18H21N3O2/c1-11(2)23-18(22)16-13(4)20-15-9-10-19-21(15)17(16)14-8-6-5-7-12(14)3/h5-11,16-17H,1-4H3. The third-order valence-corrected chi connectivity index (χ3v) is 4.08. The van der Waals surface area contributed by atoms with E-state index in [1.165, 1.54) is 0 Å². The lowest BCUT2D eigenvalue weighted by molar-refractivity contribution is -0.151. The number of hydrogen-bond acceptors (Lipinski definition) is 4. The highest BCUT2D eigenvalue weighted by Gasteiger charge is 2.39. The van der Waals surface area contributed by atoms with Gasteiger partial charge in [-0.3, -0.25) is 4.79 Å². The second-order valence-electron chi connectivity index (χ2n) is 6.15. The Morgan fingerprint density at radius 1 is 1.22 bits per heavy atom. The van der Waals surface area contributed by atoms with Crippen LogP contribution in [0.1, 0.15) is 37.9 Å². The second-order valence-corrected chi connectivity index (χ2v) is 6.15. The van der Waals surface area contributed by atoms with Gasteiger partial charge in [0.15, 0.2) is 5.82 Å². The molecule has 0 saturated carbocycles. The summed E-state index contributed by atoms with van der Waals surface area (Å²) in [6.45, 7) is 7.64. The molecule has 0 bridgehead atoms. The van der Waals surface area contributed by atoms with E-state index in [1.807, 2.05) is 62.7 Å². The highest BCUT2D eigenvalue weighted by molar-refractivity contribution is 6.03. The first-order valence-electron chi connectivity index (χ1n) is 7.83. The Morgan fingerprint density at radius 2 is 1.96 bits per heavy atom. The van der Waals surface area contributed by atoms with Crippen molar-refractivity contribution in [1.29, 1.82) is 0 Å². The van der Waals surface area contributed by atoms with Crippen molar-refractivity contribution in [3.8, 4) is 0 Å². The number of carbonyl (C=O) groups excluding carboxylic acids is 1. The van der Waals surface area contributed by atoms with Gasteiger partial charge >= 0.3 is 5.97 Å². The normalized spacial score (nSPS) is 20.1. The molecule has 23 heavy (non-hydrogen) atoms. The first kappa shape index (κ1) is 15.5. The van der Waals surface area contributed by atoms with Crippen molar-refractivity contribution in [2.75, 3.05) is 0 Å². The molecular formula is C18H21N3O2. The van der Waals surface area contributed by atoms with Crippen molar-refractivity contribution in [3.05, 3.63) is 47.7 Å². The predicted octanol–water partition coefficient (Wildman–Crippen LogP) is 3.45. The average molecular weight is 311 g/mol. The molecule has 1 aromatic heterocycles. The molecule has 120 valence electrons. The van der Waals surface area contributed by atoms with Crippen LogP contribution in [0.4, 0.5) is 5.82 Å². The fraction of sp³-hybridized carbons (Fsp3) is 0.389. The minimum absolute atomic E-state index is 0.160. The van der Waals surface area contributed by atoms with E-state index in [1.54, 1.807) is 6.20 Å². The number of fused-ring (bicyclic) bond motifs is 1. The Morgan fingerprint density at radius 3 is 2.65 bits per heavy atom. The maximum absolute atomic E-state index is 12.7. The highest BCUT2D eigenvalue weighted by atomic mass is 16.5. The van der Waals surface area contributed by atoms with Crippen molar-refractivity contribution in [2.45, 2.75) is 39.8 Å². The zero-order valence-corrected chi connectivity index (χ0v) is 13.9. The van der Waals surface area contributed by atoms with Crippen LogP contribution in [-0.4, -0.2) is 27.6 Å². The highest BCUT2D eigenvalue weighted by Crippen LogP contribution is 2.37. The van der Waals surface area contributed by atoms with E-state index >= 15 is 0 Å². The summed E-state index contributed by atoms with van der Waals surface area (Å²) in [6, 6.07) is 9.69. The Kier molecular flexibility index (Phi) is 4.03. The summed E-state index contributed by atoms with van der Waals surface area (Å²) in [4.78, 5) is 17.2. The molecule has 0 spiro atoms. The van der Waals surface area contributed by atoms with Gasteiger partial charge < -0.3 is 4.74 Å². The molecule has 2 aromatic rings. The molecule has 0 aliphatic carbocycles. The summed E-state index contributed by atoms with van der Waals surface area (Å²) in [5.74, 6) is 0.0471. The minimum atomic E-state index is -0.467. The third kappa shape index (κ3) is 2.79. The SMILES string of the molecule is CC1=Nc2ccnn2C(c2ccccc2C)C1C(=O)OC(C)C. The van der Waals surface area contributed by atoms with E-state index in [9.17, 15) is 4.79 Å². The Balaban J connectivity index is 2.13.